The summed E-state index contributed by atoms with van der Waals surface area (Å²) in [5, 5.41) is 0. The molecule has 0 saturated heterocycles. The monoisotopic (exact) mass is 407 g/mol. The molecule has 0 radical (unpaired) electrons. The second-order valence-corrected chi connectivity index (χ2v) is 6.84. The number of rotatable bonds is 5. The Morgan fingerprint density at radius 2 is 2.15 bits per heavy atom. The highest BCUT2D eigenvalue weighted by Gasteiger charge is 2.09. The standard InChI is InChI=1S/C14H19FIN3S/c1-9(2)18(3)5-4-6-19-13-7-10(15)11(16)8-12(13)17-14(19)20/h7-9H,4-6H2,1-3H3,(H,17,20). The number of hydrogen-bond donors (Lipinski definition) is 1. The Kier molecular flexibility index (Phi) is 5.19. The number of aromatic nitrogens is 2. The van der Waals surface area contributed by atoms with E-state index in [0.717, 1.165) is 30.5 Å². The molecule has 0 saturated carbocycles. The van der Waals surface area contributed by atoms with E-state index in [9.17, 15) is 4.39 Å². The van der Waals surface area contributed by atoms with Crippen LogP contribution >= 0.6 is 34.8 Å². The van der Waals surface area contributed by atoms with E-state index in [-0.39, 0.29) is 5.82 Å². The van der Waals surface area contributed by atoms with E-state index >= 15 is 0 Å². The molecule has 3 nitrogen and oxygen atoms in total. The van der Waals surface area contributed by atoms with Gasteiger partial charge in [0.2, 0.25) is 0 Å². The predicted molar refractivity (Wildman–Crippen MR) is 92.2 cm³/mol. The molecule has 1 heterocycles. The van der Waals surface area contributed by atoms with Gasteiger partial charge in [-0.25, -0.2) is 4.39 Å². The summed E-state index contributed by atoms with van der Waals surface area (Å²) in [6, 6.07) is 3.90. The molecular formula is C14H19FIN3S. The van der Waals surface area contributed by atoms with Gasteiger partial charge in [-0.1, -0.05) is 0 Å². The van der Waals surface area contributed by atoms with Crippen LogP contribution in [0.15, 0.2) is 12.1 Å². The Hall–Kier alpha value is -0.470. The van der Waals surface area contributed by atoms with Crippen LogP contribution in [-0.2, 0) is 6.54 Å². The molecule has 20 heavy (non-hydrogen) atoms. The van der Waals surface area contributed by atoms with Crippen LogP contribution < -0.4 is 0 Å². The number of nitrogens with zero attached hydrogens (tertiary/aromatic N) is 2. The average Bonchev–Trinajstić information content (AvgIpc) is 2.66. The van der Waals surface area contributed by atoms with E-state index < -0.39 is 0 Å². The van der Waals surface area contributed by atoms with Crippen LogP contribution in [0.1, 0.15) is 20.3 Å². The summed E-state index contributed by atoms with van der Waals surface area (Å²) in [7, 11) is 2.11. The van der Waals surface area contributed by atoms with Crippen LogP contribution in [0.2, 0.25) is 0 Å². The Morgan fingerprint density at radius 1 is 1.45 bits per heavy atom. The van der Waals surface area contributed by atoms with Crippen molar-refractivity contribution in [2.75, 3.05) is 13.6 Å². The number of aryl methyl sites for hydroxylation is 1. The highest BCUT2D eigenvalue weighted by molar-refractivity contribution is 14.1. The SMILES string of the molecule is CC(C)N(C)CCCn1c(=S)[nH]c2cc(I)c(F)cc21. The molecule has 1 aromatic heterocycles. The molecule has 0 bridgehead atoms. The van der Waals surface area contributed by atoms with Crippen molar-refractivity contribution in [2.45, 2.75) is 32.9 Å². The van der Waals surface area contributed by atoms with Crippen LogP contribution in [0.4, 0.5) is 4.39 Å². The molecule has 6 heteroatoms. The topological polar surface area (TPSA) is 24.0 Å². The van der Waals surface area contributed by atoms with Crippen molar-refractivity contribution >= 4 is 45.8 Å². The van der Waals surface area contributed by atoms with Crippen LogP contribution in [-0.4, -0.2) is 34.1 Å². The minimum absolute atomic E-state index is 0.194. The lowest BCUT2D eigenvalue weighted by molar-refractivity contribution is 0.266. The molecule has 2 aromatic rings. The zero-order valence-electron chi connectivity index (χ0n) is 11.9. The molecule has 110 valence electrons. The molecule has 1 aromatic carbocycles. The summed E-state index contributed by atoms with van der Waals surface area (Å²) < 4.78 is 17.0. The normalized spacial score (nSPS) is 11.9. The fourth-order valence-corrected chi connectivity index (χ4v) is 2.88. The Morgan fingerprint density at radius 3 is 2.80 bits per heavy atom. The quantitative estimate of drug-likeness (QED) is 0.594. The van der Waals surface area contributed by atoms with Crippen molar-refractivity contribution in [1.29, 1.82) is 0 Å². The molecule has 0 fully saturated rings. The third kappa shape index (κ3) is 3.40. The zero-order valence-corrected chi connectivity index (χ0v) is 14.9. The lowest BCUT2D eigenvalue weighted by atomic mass is 10.3. The van der Waals surface area contributed by atoms with Gasteiger partial charge in [0.15, 0.2) is 4.77 Å². The first-order valence-corrected chi connectivity index (χ1v) is 8.16. The fourth-order valence-electron chi connectivity index (χ4n) is 2.11. The first-order valence-electron chi connectivity index (χ1n) is 6.68. The van der Waals surface area contributed by atoms with Gasteiger partial charge in [0.25, 0.3) is 0 Å². The highest BCUT2D eigenvalue weighted by Crippen LogP contribution is 2.21. The first kappa shape index (κ1) is 15.9. The fraction of sp³-hybridized carbons (Fsp3) is 0.500. The maximum atomic E-state index is 13.7. The van der Waals surface area contributed by atoms with Crippen molar-refractivity contribution in [1.82, 2.24) is 14.5 Å². The van der Waals surface area contributed by atoms with Crippen molar-refractivity contribution in [3.05, 3.63) is 26.3 Å². The summed E-state index contributed by atoms with van der Waals surface area (Å²) in [5.41, 5.74) is 1.75. The summed E-state index contributed by atoms with van der Waals surface area (Å²) >= 11 is 7.33. The molecule has 0 spiro atoms. The largest absolute Gasteiger partial charge is 0.331 e. The molecule has 0 aliphatic rings. The van der Waals surface area contributed by atoms with E-state index in [0.29, 0.717) is 14.4 Å². The Balaban J connectivity index is 2.20. The minimum Gasteiger partial charge on any atom is -0.331 e. The number of halogens is 2. The molecule has 0 aliphatic heterocycles. The second-order valence-electron chi connectivity index (χ2n) is 5.29. The summed E-state index contributed by atoms with van der Waals surface area (Å²) in [6.07, 6.45) is 0.990. The summed E-state index contributed by atoms with van der Waals surface area (Å²) in [4.78, 5) is 5.44. The second kappa shape index (κ2) is 6.53. The highest BCUT2D eigenvalue weighted by atomic mass is 127. The molecule has 2 rings (SSSR count). The lowest BCUT2D eigenvalue weighted by Crippen LogP contribution is -2.27. The van der Waals surface area contributed by atoms with Gasteiger partial charge in [-0.05, 0) is 74.7 Å². The number of hydrogen-bond acceptors (Lipinski definition) is 2. The van der Waals surface area contributed by atoms with Gasteiger partial charge in [-0.15, -0.1) is 0 Å². The molecule has 1 N–H and O–H groups in total. The van der Waals surface area contributed by atoms with Crippen LogP contribution in [0.5, 0.6) is 0 Å². The number of fused-ring (bicyclic) bond motifs is 1. The number of H-pyrrole nitrogens is 1. The van der Waals surface area contributed by atoms with Gasteiger partial charge in [0, 0.05) is 18.7 Å². The Bertz CT molecular complexity index is 662. The molecular weight excluding hydrogens is 388 g/mol. The van der Waals surface area contributed by atoms with E-state index in [2.05, 4.69) is 30.8 Å². The first-order chi connectivity index (χ1) is 9.40. The molecule has 0 amide bonds. The number of benzene rings is 1. The van der Waals surface area contributed by atoms with Gasteiger partial charge in [0.05, 0.1) is 14.6 Å². The predicted octanol–water partition coefficient (Wildman–Crippen LogP) is 4.17. The van der Waals surface area contributed by atoms with Crippen LogP contribution in [0.3, 0.4) is 0 Å². The van der Waals surface area contributed by atoms with Crippen LogP contribution in [0, 0.1) is 14.2 Å². The average molecular weight is 407 g/mol. The van der Waals surface area contributed by atoms with E-state index in [1.165, 1.54) is 0 Å². The zero-order chi connectivity index (χ0) is 14.9. The Labute approximate surface area is 137 Å². The van der Waals surface area contributed by atoms with Crippen molar-refractivity contribution in [3.63, 3.8) is 0 Å². The molecule has 0 atom stereocenters. The van der Waals surface area contributed by atoms with E-state index in [4.69, 9.17) is 12.2 Å². The third-order valence-electron chi connectivity index (χ3n) is 3.59. The van der Waals surface area contributed by atoms with E-state index in [1.54, 1.807) is 12.1 Å². The summed E-state index contributed by atoms with van der Waals surface area (Å²) in [6.45, 7) is 6.15. The van der Waals surface area contributed by atoms with Gasteiger partial charge >= 0.3 is 0 Å². The van der Waals surface area contributed by atoms with Crippen molar-refractivity contribution in [2.24, 2.45) is 0 Å². The van der Waals surface area contributed by atoms with Gasteiger partial charge in [0.1, 0.15) is 5.82 Å². The van der Waals surface area contributed by atoms with Gasteiger partial charge in [-0.3, -0.25) is 0 Å². The number of nitrogens with one attached hydrogen (secondary N) is 1. The maximum absolute atomic E-state index is 13.7. The van der Waals surface area contributed by atoms with Crippen LogP contribution in [0.25, 0.3) is 11.0 Å². The van der Waals surface area contributed by atoms with Crippen molar-refractivity contribution in [3.8, 4) is 0 Å². The smallest absolute Gasteiger partial charge is 0.178 e. The lowest BCUT2D eigenvalue weighted by Gasteiger charge is -2.20. The summed E-state index contributed by atoms with van der Waals surface area (Å²) in [5.74, 6) is -0.194. The van der Waals surface area contributed by atoms with E-state index in [1.807, 2.05) is 27.2 Å². The third-order valence-corrected chi connectivity index (χ3v) is 4.74. The number of aromatic amines is 1. The molecule has 0 aliphatic carbocycles. The van der Waals surface area contributed by atoms with Gasteiger partial charge in [-0.2, -0.15) is 0 Å². The minimum atomic E-state index is -0.194. The van der Waals surface area contributed by atoms with Gasteiger partial charge < -0.3 is 14.5 Å². The maximum Gasteiger partial charge on any atom is 0.178 e. The molecule has 0 unspecified atom stereocenters. The number of imidazole rings is 1. The van der Waals surface area contributed by atoms with Crippen molar-refractivity contribution < 1.29 is 4.39 Å².